The maximum absolute atomic E-state index is 6.17. The molecule has 5 heteroatoms. The third-order valence-corrected chi connectivity index (χ3v) is 3.68. The van der Waals surface area contributed by atoms with Crippen LogP contribution >= 0.6 is 11.6 Å². The van der Waals surface area contributed by atoms with Gasteiger partial charge in [0.2, 0.25) is 0 Å². The Balaban J connectivity index is 1.89. The van der Waals surface area contributed by atoms with Gasteiger partial charge in [0.15, 0.2) is 0 Å². The lowest BCUT2D eigenvalue weighted by atomic mass is 10.1. The molecule has 0 radical (unpaired) electrons. The molecule has 2 N–H and O–H groups in total. The summed E-state index contributed by atoms with van der Waals surface area (Å²) in [4.78, 5) is 9.08. The minimum Gasteiger partial charge on any atom is -0.353 e. The third kappa shape index (κ3) is 3.34. The quantitative estimate of drug-likeness (QED) is 0.898. The van der Waals surface area contributed by atoms with Gasteiger partial charge in [-0.3, -0.25) is 4.90 Å². The molecule has 0 spiro atoms. The lowest BCUT2D eigenvalue weighted by molar-refractivity contribution is 0.227. The van der Waals surface area contributed by atoms with Crippen LogP contribution in [-0.2, 0) is 0 Å². The van der Waals surface area contributed by atoms with E-state index in [2.05, 4.69) is 21.7 Å². The van der Waals surface area contributed by atoms with Crippen molar-refractivity contribution in [2.75, 3.05) is 44.2 Å². The number of nitrogens with two attached hydrogens (primary N) is 1. The van der Waals surface area contributed by atoms with Crippen molar-refractivity contribution >= 4 is 17.4 Å². The molecule has 100 valence electrons. The topological polar surface area (TPSA) is 45.4 Å². The lowest BCUT2D eigenvalue weighted by Crippen LogP contribution is -2.48. The molecule has 1 unspecified atom stereocenters. The molecular formula is C13H21ClN4. The molecule has 1 fully saturated rings. The predicted molar refractivity (Wildman–Crippen MR) is 76.1 cm³/mol. The van der Waals surface area contributed by atoms with Crippen LogP contribution in [0, 0.1) is 5.92 Å². The molecule has 2 rings (SSSR count). The summed E-state index contributed by atoms with van der Waals surface area (Å²) < 4.78 is 0. The first kappa shape index (κ1) is 13.6. The second kappa shape index (κ2) is 6.36. The Labute approximate surface area is 114 Å². The van der Waals surface area contributed by atoms with Crippen molar-refractivity contribution in [3.63, 3.8) is 0 Å². The number of rotatable bonds is 4. The van der Waals surface area contributed by atoms with E-state index in [0.717, 1.165) is 50.1 Å². The van der Waals surface area contributed by atoms with Crippen LogP contribution in [0.5, 0.6) is 0 Å². The molecule has 0 bridgehead atoms. The van der Waals surface area contributed by atoms with Crippen LogP contribution in [0.15, 0.2) is 18.3 Å². The summed E-state index contributed by atoms with van der Waals surface area (Å²) in [7, 11) is 0. The van der Waals surface area contributed by atoms with E-state index in [0.29, 0.717) is 5.92 Å². The van der Waals surface area contributed by atoms with Crippen molar-refractivity contribution in [3.8, 4) is 0 Å². The van der Waals surface area contributed by atoms with Gasteiger partial charge in [-0.05, 0) is 24.6 Å². The first-order valence-electron chi connectivity index (χ1n) is 6.48. The standard InChI is InChI=1S/C13H21ClN4/c1-11(9-15)10-17-5-7-18(8-6-17)13-12(14)3-2-4-16-13/h2-4,11H,5-10,15H2,1H3. The Morgan fingerprint density at radius 1 is 1.39 bits per heavy atom. The highest BCUT2D eigenvalue weighted by molar-refractivity contribution is 6.32. The second-order valence-corrected chi connectivity index (χ2v) is 5.34. The van der Waals surface area contributed by atoms with Gasteiger partial charge in [0.25, 0.3) is 0 Å². The molecule has 0 aliphatic carbocycles. The molecule has 1 aromatic rings. The summed E-state index contributed by atoms with van der Waals surface area (Å²) in [5, 5.41) is 0.737. The molecule has 1 saturated heterocycles. The molecule has 1 atom stereocenters. The van der Waals surface area contributed by atoms with Gasteiger partial charge in [0.05, 0.1) is 5.02 Å². The summed E-state index contributed by atoms with van der Waals surface area (Å²) in [6.45, 7) is 8.10. The first-order chi connectivity index (χ1) is 8.70. The van der Waals surface area contributed by atoms with Crippen molar-refractivity contribution < 1.29 is 0 Å². The Kier molecular flexibility index (Phi) is 4.80. The fourth-order valence-electron chi connectivity index (χ4n) is 2.27. The maximum atomic E-state index is 6.17. The summed E-state index contributed by atoms with van der Waals surface area (Å²) in [6, 6.07) is 3.76. The molecule has 0 amide bonds. The van der Waals surface area contributed by atoms with Crippen molar-refractivity contribution in [2.24, 2.45) is 11.7 Å². The van der Waals surface area contributed by atoms with E-state index in [1.807, 2.05) is 12.1 Å². The second-order valence-electron chi connectivity index (χ2n) is 4.94. The van der Waals surface area contributed by atoms with Crippen LogP contribution in [-0.4, -0.2) is 49.2 Å². The number of nitrogens with zero attached hydrogens (tertiary/aromatic N) is 3. The zero-order valence-electron chi connectivity index (χ0n) is 10.8. The zero-order valence-corrected chi connectivity index (χ0v) is 11.6. The number of halogens is 1. The van der Waals surface area contributed by atoms with E-state index in [-0.39, 0.29) is 0 Å². The third-order valence-electron chi connectivity index (χ3n) is 3.38. The number of aromatic nitrogens is 1. The lowest BCUT2D eigenvalue weighted by Gasteiger charge is -2.36. The van der Waals surface area contributed by atoms with E-state index in [1.165, 1.54) is 0 Å². The summed E-state index contributed by atoms with van der Waals surface area (Å²) in [5.41, 5.74) is 5.66. The van der Waals surface area contributed by atoms with Gasteiger partial charge in [-0.15, -0.1) is 0 Å². The van der Waals surface area contributed by atoms with Crippen LogP contribution in [0.4, 0.5) is 5.82 Å². The number of hydrogen-bond acceptors (Lipinski definition) is 4. The van der Waals surface area contributed by atoms with E-state index in [9.17, 15) is 0 Å². The Bertz CT molecular complexity index is 377. The predicted octanol–water partition coefficient (Wildman–Crippen LogP) is 1.45. The van der Waals surface area contributed by atoms with Crippen LogP contribution < -0.4 is 10.6 Å². The van der Waals surface area contributed by atoms with Crippen LogP contribution in [0.25, 0.3) is 0 Å². The highest BCUT2D eigenvalue weighted by Crippen LogP contribution is 2.23. The smallest absolute Gasteiger partial charge is 0.147 e. The normalized spacial score (nSPS) is 18.9. The molecule has 0 saturated carbocycles. The minimum absolute atomic E-state index is 0.565. The van der Waals surface area contributed by atoms with Crippen LogP contribution in [0.2, 0.25) is 5.02 Å². The monoisotopic (exact) mass is 268 g/mol. The van der Waals surface area contributed by atoms with Crippen molar-refractivity contribution in [2.45, 2.75) is 6.92 Å². The highest BCUT2D eigenvalue weighted by atomic mass is 35.5. The molecule has 0 aromatic carbocycles. The zero-order chi connectivity index (χ0) is 13.0. The Morgan fingerprint density at radius 3 is 2.72 bits per heavy atom. The fraction of sp³-hybridized carbons (Fsp3) is 0.615. The van der Waals surface area contributed by atoms with Gasteiger partial charge < -0.3 is 10.6 Å². The maximum Gasteiger partial charge on any atom is 0.147 e. The SMILES string of the molecule is CC(CN)CN1CCN(c2ncccc2Cl)CC1. The summed E-state index contributed by atoms with van der Waals surface area (Å²) in [6.07, 6.45) is 1.80. The van der Waals surface area contributed by atoms with E-state index in [1.54, 1.807) is 6.20 Å². The molecule has 18 heavy (non-hydrogen) atoms. The van der Waals surface area contributed by atoms with E-state index >= 15 is 0 Å². The van der Waals surface area contributed by atoms with Gasteiger partial charge in [0, 0.05) is 38.9 Å². The van der Waals surface area contributed by atoms with E-state index in [4.69, 9.17) is 17.3 Å². The van der Waals surface area contributed by atoms with Gasteiger partial charge in [0.1, 0.15) is 5.82 Å². The molecule has 1 aliphatic rings. The largest absolute Gasteiger partial charge is 0.353 e. The van der Waals surface area contributed by atoms with Crippen molar-refractivity contribution in [1.29, 1.82) is 0 Å². The molecule has 2 heterocycles. The van der Waals surface area contributed by atoms with Gasteiger partial charge >= 0.3 is 0 Å². The fourth-order valence-corrected chi connectivity index (χ4v) is 2.51. The van der Waals surface area contributed by atoms with Crippen LogP contribution in [0.1, 0.15) is 6.92 Å². The highest BCUT2D eigenvalue weighted by Gasteiger charge is 2.20. The number of anilines is 1. The van der Waals surface area contributed by atoms with Crippen molar-refractivity contribution in [3.05, 3.63) is 23.4 Å². The summed E-state index contributed by atoms with van der Waals surface area (Å²) >= 11 is 6.17. The molecule has 1 aliphatic heterocycles. The average Bonchev–Trinajstić information content (AvgIpc) is 2.40. The van der Waals surface area contributed by atoms with Crippen molar-refractivity contribution in [1.82, 2.24) is 9.88 Å². The minimum atomic E-state index is 0.565. The molecular weight excluding hydrogens is 248 g/mol. The van der Waals surface area contributed by atoms with Gasteiger partial charge in [-0.25, -0.2) is 4.98 Å². The number of pyridine rings is 1. The number of hydrogen-bond donors (Lipinski definition) is 1. The molecule has 4 nitrogen and oxygen atoms in total. The summed E-state index contributed by atoms with van der Waals surface area (Å²) in [5.74, 6) is 1.47. The average molecular weight is 269 g/mol. The van der Waals surface area contributed by atoms with E-state index < -0.39 is 0 Å². The van der Waals surface area contributed by atoms with Crippen LogP contribution in [0.3, 0.4) is 0 Å². The molecule has 1 aromatic heterocycles. The Hall–Kier alpha value is -0.840. The Morgan fingerprint density at radius 2 is 2.11 bits per heavy atom. The van der Waals surface area contributed by atoms with Gasteiger partial charge in [-0.1, -0.05) is 18.5 Å². The number of piperazine rings is 1. The van der Waals surface area contributed by atoms with Gasteiger partial charge in [-0.2, -0.15) is 0 Å². The first-order valence-corrected chi connectivity index (χ1v) is 6.86.